The van der Waals surface area contributed by atoms with E-state index in [1.807, 2.05) is 18.2 Å². The highest BCUT2D eigenvalue weighted by atomic mass is 16.1. The first-order valence-electron chi connectivity index (χ1n) is 7.11. The van der Waals surface area contributed by atoms with Gasteiger partial charge in [-0.25, -0.2) is 0 Å². The van der Waals surface area contributed by atoms with Gasteiger partial charge in [-0.15, -0.1) is 0 Å². The standard InChI is InChI=1S/C16H25NO/c1-4-7-10-14(6-3)16(18)17-15-12-9-8-11-13(15)5-2/h8-9,11-12,14H,4-7,10H2,1-3H3,(H,17,18)/t14-/m0/s1. The third-order valence-corrected chi connectivity index (χ3v) is 3.43. The van der Waals surface area contributed by atoms with Crippen LogP contribution in [0, 0.1) is 5.92 Å². The van der Waals surface area contributed by atoms with Crippen LogP contribution in [0.3, 0.4) is 0 Å². The number of amides is 1. The first kappa shape index (κ1) is 14.7. The number of benzene rings is 1. The molecule has 1 aromatic carbocycles. The van der Waals surface area contributed by atoms with Crippen molar-refractivity contribution >= 4 is 11.6 Å². The maximum atomic E-state index is 12.2. The van der Waals surface area contributed by atoms with E-state index in [1.165, 1.54) is 5.56 Å². The van der Waals surface area contributed by atoms with Gasteiger partial charge in [-0.2, -0.15) is 0 Å². The minimum Gasteiger partial charge on any atom is -0.326 e. The Labute approximate surface area is 111 Å². The van der Waals surface area contributed by atoms with Crippen LogP contribution in [0.2, 0.25) is 0 Å². The van der Waals surface area contributed by atoms with Gasteiger partial charge in [0.25, 0.3) is 0 Å². The number of rotatable bonds is 7. The summed E-state index contributed by atoms with van der Waals surface area (Å²) in [5.74, 6) is 0.321. The van der Waals surface area contributed by atoms with Crippen LogP contribution >= 0.6 is 0 Å². The minimum atomic E-state index is 0.148. The van der Waals surface area contributed by atoms with Crippen molar-refractivity contribution in [2.75, 3.05) is 5.32 Å². The van der Waals surface area contributed by atoms with Gasteiger partial charge < -0.3 is 5.32 Å². The summed E-state index contributed by atoms with van der Waals surface area (Å²) < 4.78 is 0. The topological polar surface area (TPSA) is 29.1 Å². The van der Waals surface area contributed by atoms with Gasteiger partial charge in [-0.1, -0.05) is 51.8 Å². The first-order valence-corrected chi connectivity index (χ1v) is 7.11. The Bertz CT molecular complexity index is 373. The number of carbonyl (C=O) groups is 1. The predicted molar refractivity (Wildman–Crippen MR) is 77.8 cm³/mol. The van der Waals surface area contributed by atoms with Crippen LogP contribution in [0.4, 0.5) is 5.69 Å². The second-order valence-corrected chi connectivity index (χ2v) is 4.75. The van der Waals surface area contributed by atoms with E-state index in [0.29, 0.717) is 0 Å². The smallest absolute Gasteiger partial charge is 0.227 e. The van der Waals surface area contributed by atoms with Crippen molar-refractivity contribution in [3.8, 4) is 0 Å². The Morgan fingerprint density at radius 2 is 1.94 bits per heavy atom. The number of nitrogens with one attached hydrogen (secondary N) is 1. The molecule has 1 aromatic rings. The molecular weight excluding hydrogens is 222 g/mol. The Balaban J connectivity index is 2.67. The zero-order valence-electron chi connectivity index (χ0n) is 11.8. The lowest BCUT2D eigenvalue weighted by molar-refractivity contribution is -0.120. The van der Waals surface area contributed by atoms with Crippen LogP contribution in [0.25, 0.3) is 0 Å². The Hall–Kier alpha value is -1.31. The van der Waals surface area contributed by atoms with Crippen molar-refractivity contribution in [3.63, 3.8) is 0 Å². The summed E-state index contributed by atoms with van der Waals surface area (Å²) in [6.45, 7) is 6.36. The van der Waals surface area contributed by atoms with E-state index in [-0.39, 0.29) is 11.8 Å². The zero-order valence-corrected chi connectivity index (χ0v) is 11.8. The van der Waals surface area contributed by atoms with Crippen molar-refractivity contribution in [2.45, 2.75) is 52.9 Å². The maximum Gasteiger partial charge on any atom is 0.227 e. The summed E-state index contributed by atoms with van der Waals surface area (Å²) >= 11 is 0. The molecule has 0 aliphatic rings. The second-order valence-electron chi connectivity index (χ2n) is 4.75. The molecule has 0 saturated heterocycles. The van der Waals surface area contributed by atoms with Crippen LogP contribution in [0.5, 0.6) is 0 Å². The van der Waals surface area contributed by atoms with Crippen LogP contribution in [-0.4, -0.2) is 5.91 Å². The zero-order chi connectivity index (χ0) is 13.4. The molecule has 2 nitrogen and oxygen atoms in total. The lowest BCUT2D eigenvalue weighted by atomic mass is 9.98. The number of carbonyl (C=O) groups excluding carboxylic acids is 1. The summed E-state index contributed by atoms with van der Waals surface area (Å²) in [7, 11) is 0. The summed E-state index contributed by atoms with van der Waals surface area (Å²) in [5.41, 5.74) is 2.18. The normalized spacial score (nSPS) is 12.2. The third kappa shape index (κ3) is 4.17. The molecule has 0 saturated carbocycles. The first-order chi connectivity index (χ1) is 8.72. The summed E-state index contributed by atoms with van der Waals surface area (Å²) in [5, 5.41) is 3.08. The fourth-order valence-electron chi connectivity index (χ4n) is 2.16. The summed E-state index contributed by atoms with van der Waals surface area (Å²) in [6.07, 6.45) is 5.13. The average molecular weight is 247 g/mol. The Kier molecular flexibility index (Phi) is 6.48. The van der Waals surface area contributed by atoms with Crippen LogP contribution in [0.15, 0.2) is 24.3 Å². The highest BCUT2D eigenvalue weighted by molar-refractivity contribution is 5.93. The molecule has 0 aliphatic carbocycles. The van der Waals surface area contributed by atoms with Gasteiger partial charge in [-0.3, -0.25) is 4.79 Å². The number of hydrogen-bond donors (Lipinski definition) is 1. The van der Waals surface area contributed by atoms with Gasteiger partial charge >= 0.3 is 0 Å². The molecule has 0 radical (unpaired) electrons. The van der Waals surface area contributed by atoms with Crippen LogP contribution in [0.1, 0.15) is 52.0 Å². The van der Waals surface area contributed by atoms with Gasteiger partial charge in [0.2, 0.25) is 5.91 Å². The number of hydrogen-bond acceptors (Lipinski definition) is 1. The van der Waals surface area contributed by atoms with Crippen molar-refractivity contribution in [3.05, 3.63) is 29.8 Å². The van der Waals surface area contributed by atoms with Crippen LogP contribution in [-0.2, 0) is 11.2 Å². The SMILES string of the molecule is CCCC[C@H](CC)C(=O)Nc1ccccc1CC. The lowest BCUT2D eigenvalue weighted by Gasteiger charge is -2.16. The molecule has 0 unspecified atom stereocenters. The van der Waals surface area contributed by atoms with Crippen molar-refractivity contribution in [1.29, 1.82) is 0 Å². The van der Waals surface area contributed by atoms with E-state index in [1.54, 1.807) is 0 Å². The van der Waals surface area contributed by atoms with E-state index in [0.717, 1.165) is 37.8 Å². The number of para-hydroxylation sites is 1. The molecule has 100 valence electrons. The number of unbranched alkanes of at least 4 members (excludes halogenated alkanes) is 1. The fourth-order valence-corrected chi connectivity index (χ4v) is 2.16. The molecule has 0 spiro atoms. The Morgan fingerprint density at radius 3 is 2.56 bits per heavy atom. The maximum absolute atomic E-state index is 12.2. The molecule has 18 heavy (non-hydrogen) atoms. The quantitative estimate of drug-likeness (QED) is 0.760. The van der Waals surface area contributed by atoms with Crippen molar-refractivity contribution < 1.29 is 4.79 Å². The molecule has 0 aromatic heterocycles. The molecule has 1 N–H and O–H groups in total. The third-order valence-electron chi connectivity index (χ3n) is 3.43. The predicted octanol–water partition coefficient (Wildman–Crippen LogP) is 4.40. The molecule has 0 heterocycles. The molecule has 2 heteroatoms. The van der Waals surface area contributed by atoms with Crippen molar-refractivity contribution in [2.24, 2.45) is 5.92 Å². The molecule has 1 amide bonds. The van der Waals surface area contributed by atoms with Crippen LogP contribution < -0.4 is 5.32 Å². The lowest BCUT2D eigenvalue weighted by Crippen LogP contribution is -2.22. The van der Waals surface area contributed by atoms with E-state index in [2.05, 4.69) is 32.2 Å². The van der Waals surface area contributed by atoms with E-state index in [9.17, 15) is 4.79 Å². The highest BCUT2D eigenvalue weighted by Crippen LogP contribution is 2.19. The second kappa shape index (κ2) is 7.91. The monoisotopic (exact) mass is 247 g/mol. The molecular formula is C16H25NO. The van der Waals surface area contributed by atoms with Gasteiger partial charge in [0, 0.05) is 11.6 Å². The number of aryl methyl sites for hydroxylation is 1. The summed E-state index contributed by atoms with van der Waals surface area (Å²) in [4.78, 5) is 12.2. The average Bonchev–Trinajstić information content (AvgIpc) is 2.40. The van der Waals surface area contributed by atoms with Gasteiger partial charge in [0.1, 0.15) is 0 Å². The van der Waals surface area contributed by atoms with E-state index >= 15 is 0 Å². The highest BCUT2D eigenvalue weighted by Gasteiger charge is 2.16. The minimum absolute atomic E-state index is 0.148. The molecule has 0 bridgehead atoms. The van der Waals surface area contributed by atoms with E-state index in [4.69, 9.17) is 0 Å². The Morgan fingerprint density at radius 1 is 1.22 bits per heavy atom. The fraction of sp³-hybridized carbons (Fsp3) is 0.562. The molecule has 0 aliphatic heterocycles. The molecule has 0 fully saturated rings. The van der Waals surface area contributed by atoms with Crippen molar-refractivity contribution in [1.82, 2.24) is 0 Å². The van der Waals surface area contributed by atoms with Gasteiger partial charge in [0.05, 0.1) is 0 Å². The van der Waals surface area contributed by atoms with Gasteiger partial charge in [-0.05, 0) is 30.9 Å². The molecule has 1 rings (SSSR count). The summed E-state index contributed by atoms with van der Waals surface area (Å²) in [6, 6.07) is 8.05. The largest absolute Gasteiger partial charge is 0.326 e. The van der Waals surface area contributed by atoms with Gasteiger partial charge in [0.15, 0.2) is 0 Å². The number of anilines is 1. The molecule has 1 atom stereocenters. The van der Waals surface area contributed by atoms with E-state index < -0.39 is 0 Å².